The van der Waals surface area contributed by atoms with Crippen molar-refractivity contribution in [3.05, 3.63) is 29.8 Å². The predicted molar refractivity (Wildman–Crippen MR) is 98.2 cm³/mol. The molecular formula is C16H17N5O3S2. The van der Waals surface area contributed by atoms with Gasteiger partial charge in [-0.05, 0) is 24.3 Å². The monoisotopic (exact) mass is 391 g/mol. The van der Waals surface area contributed by atoms with Gasteiger partial charge in [-0.3, -0.25) is 9.36 Å². The Labute approximate surface area is 157 Å². The van der Waals surface area contributed by atoms with Crippen LogP contribution in [0.3, 0.4) is 0 Å². The van der Waals surface area contributed by atoms with Gasteiger partial charge >= 0.3 is 0 Å². The quantitative estimate of drug-likeness (QED) is 0.619. The molecule has 4 rings (SSSR count). The Balaban J connectivity index is 1.48. The van der Waals surface area contributed by atoms with Gasteiger partial charge in [-0.25, -0.2) is 0 Å². The van der Waals surface area contributed by atoms with Crippen LogP contribution in [0.1, 0.15) is 12.8 Å². The Morgan fingerprint density at radius 3 is 3.12 bits per heavy atom. The molecule has 0 bridgehead atoms. The predicted octanol–water partition coefficient (Wildman–Crippen LogP) is 2.90. The van der Waals surface area contributed by atoms with E-state index in [1.54, 1.807) is 17.4 Å². The maximum absolute atomic E-state index is 12.1. The van der Waals surface area contributed by atoms with Gasteiger partial charge in [-0.15, -0.1) is 21.5 Å². The van der Waals surface area contributed by atoms with Crippen molar-refractivity contribution >= 4 is 34.8 Å². The van der Waals surface area contributed by atoms with Crippen molar-refractivity contribution in [1.29, 1.82) is 0 Å². The largest absolute Gasteiger partial charge is 0.376 e. The van der Waals surface area contributed by atoms with Crippen LogP contribution < -0.4 is 5.32 Å². The van der Waals surface area contributed by atoms with Crippen LogP contribution in [-0.2, 0) is 16.1 Å². The maximum atomic E-state index is 12.1. The summed E-state index contributed by atoms with van der Waals surface area (Å²) in [6.07, 6.45) is 3.67. The molecule has 136 valence electrons. The molecule has 8 nitrogen and oxygen atoms in total. The molecule has 26 heavy (non-hydrogen) atoms. The third-order valence-electron chi connectivity index (χ3n) is 3.91. The smallest absolute Gasteiger partial charge is 0.236 e. The van der Waals surface area contributed by atoms with Crippen LogP contribution in [0.25, 0.3) is 10.7 Å². The first-order valence-corrected chi connectivity index (χ1v) is 10.1. The second-order valence-corrected chi connectivity index (χ2v) is 7.64. The van der Waals surface area contributed by atoms with Crippen LogP contribution in [0, 0.1) is 0 Å². The number of ether oxygens (including phenoxy) is 1. The van der Waals surface area contributed by atoms with Crippen LogP contribution in [0.15, 0.2) is 39.5 Å². The van der Waals surface area contributed by atoms with Gasteiger partial charge in [0.15, 0.2) is 16.8 Å². The molecule has 0 aromatic carbocycles. The van der Waals surface area contributed by atoms with Crippen molar-refractivity contribution in [3.63, 3.8) is 0 Å². The zero-order valence-corrected chi connectivity index (χ0v) is 15.5. The lowest BCUT2D eigenvalue weighted by Gasteiger charge is -2.14. The molecule has 3 aromatic rings. The molecule has 0 radical (unpaired) electrons. The SMILES string of the molecule is O=C(CSc1nnc(-c2cccs2)n1CC1CCCO1)Nc1ccon1. The first-order valence-electron chi connectivity index (χ1n) is 8.21. The van der Waals surface area contributed by atoms with Crippen LogP contribution in [0.2, 0.25) is 0 Å². The Bertz CT molecular complexity index is 842. The van der Waals surface area contributed by atoms with Crippen LogP contribution in [0.4, 0.5) is 5.82 Å². The van der Waals surface area contributed by atoms with Gasteiger partial charge in [0.05, 0.1) is 23.3 Å². The van der Waals surface area contributed by atoms with Crippen molar-refractivity contribution in [2.24, 2.45) is 0 Å². The molecule has 1 saturated heterocycles. The van der Waals surface area contributed by atoms with Crippen molar-refractivity contribution in [2.75, 3.05) is 17.7 Å². The van der Waals surface area contributed by atoms with E-state index >= 15 is 0 Å². The van der Waals surface area contributed by atoms with Gasteiger partial charge < -0.3 is 14.6 Å². The molecule has 1 aliphatic rings. The van der Waals surface area contributed by atoms with E-state index in [0.29, 0.717) is 17.5 Å². The summed E-state index contributed by atoms with van der Waals surface area (Å²) in [6, 6.07) is 5.60. The summed E-state index contributed by atoms with van der Waals surface area (Å²) < 4.78 is 12.5. The number of aromatic nitrogens is 4. The first-order chi connectivity index (χ1) is 12.8. The van der Waals surface area contributed by atoms with E-state index in [2.05, 4.69) is 25.2 Å². The van der Waals surface area contributed by atoms with E-state index in [-0.39, 0.29) is 17.8 Å². The second kappa shape index (κ2) is 8.02. The number of nitrogens with zero attached hydrogens (tertiary/aromatic N) is 4. The molecule has 0 saturated carbocycles. The number of carbonyl (C=O) groups excluding carboxylic acids is 1. The highest BCUT2D eigenvalue weighted by molar-refractivity contribution is 7.99. The Kier molecular flexibility index (Phi) is 5.32. The van der Waals surface area contributed by atoms with Crippen molar-refractivity contribution in [2.45, 2.75) is 30.6 Å². The standard InChI is InChI=1S/C16H17N5O3S2/c22-14(17-13-5-7-24-20-13)10-26-16-19-18-15(12-4-2-8-25-12)21(16)9-11-3-1-6-23-11/h2,4-5,7-8,11H,1,3,6,9-10H2,(H,17,20,22). The topological polar surface area (TPSA) is 95.1 Å². The van der Waals surface area contributed by atoms with Gasteiger partial charge in [-0.2, -0.15) is 0 Å². The molecule has 1 N–H and O–H groups in total. The van der Waals surface area contributed by atoms with Gasteiger partial charge in [0.2, 0.25) is 5.91 Å². The normalized spacial score (nSPS) is 16.8. The van der Waals surface area contributed by atoms with Crippen molar-refractivity contribution in [1.82, 2.24) is 19.9 Å². The van der Waals surface area contributed by atoms with E-state index in [9.17, 15) is 4.79 Å². The fourth-order valence-electron chi connectivity index (χ4n) is 2.73. The average molecular weight is 391 g/mol. The van der Waals surface area contributed by atoms with Gasteiger partial charge in [0, 0.05) is 12.7 Å². The molecule has 4 heterocycles. The zero-order valence-electron chi connectivity index (χ0n) is 13.8. The van der Waals surface area contributed by atoms with E-state index < -0.39 is 0 Å². The summed E-state index contributed by atoms with van der Waals surface area (Å²) in [5, 5.41) is 17.7. The molecule has 1 unspecified atom stereocenters. The molecule has 1 amide bonds. The Morgan fingerprint density at radius 2 is 2.38 bits per heavy atom. The third-order valence-corrected chi connectivity index (χ3v) is 5.74. The Hall–Kier alpha value is -2.17. The number of thioether (sulfide) groups is 1. The lowest BCUT2D eigenvalue weighted by Crippen LogP contribution is -2.18. The number of hydrogen-bond donors (Lipinski definition) is 1. The van der Waals surface area contributed by atoms with E-state index in [4.69, 9.17) is 9.26 Å². The number of rotatable bonds is 7. The summed E-state index contributed by atoms with van der Waals surface area (Å²) >= 11 is 2.96. The van der Waals surface area contributed by atoms with E-state index in [1.165, 1.54) is 18.0 Å². The number of hydrogen-bond acceptors (Lipinski definition) is 8. The molecule has 1 atom stereocenters. The highest BCUT2D eigenvalue weighted by Gasteiger charge is 2.22. The van der Waals surface area contributed by atoms with Gasteiger partial charge in [-0.1, -0.05) is 23.0 Å². The summed E-state index contributed by atoms with van der Waals surface area (Å²) in [4.78, 5) is 13.1. The highest BCUT2D eigenvalue weighted by Crippen LogP contribution is 2.29. The van der Waals surface area contributed by atoms with Crippen LogP contribution in [-0.4, -0.2) is 44.3 Å². The van der Waals surface area contributed by atoms with Gasteiger partial charge in [0.25, 0.3) is 0 Å². The fourth-order valence-corrected chi connectivity index (χ4v) is 4.19. The number of carbonyl (C=O) groups is 1. The minimum absolute atomic E-state index is 0.160. The fraction of sp³-hybridized carbons (Fsp3) is 0.375. The molecule has 1 aliphatic heterocycles. The number of anilines is 1. The summed E-state index contributed by atoms with van der Waals surface area (Å²) in [6.45, 7) is 1.48. The van der Waals surface area contributed by atoms with E-state index in [0.717, 1.165) is 30.2 Å². The zero-order chi connectivity index (χ0) is 17.8. The van der Waals surface area contributed by atoms with Crippen molar-refractivity contribution in [3.8, 4) is 10.7 Å². The summed E-state index contributed by atoms with van der Waals surface area (Å²) in [5.74, 6) is 1.25. The third kappa shape index (κ3) is 3.97. The average Bonchev–Trinajstić information content (AvgIpc) is 3.42. The molecule has 3 aromatic heterocycles. The molecular weight excluding hydrogens is 374 g/mol. The molecule has 0 spiro atoms. The van der Waals surface area contributed by atoms with Gasteiger partial charge in [0.1, 0.15) is 6.26 Å². The lowest BCUT2D eigenvalue weighted by molar-refractivity contribution is -0.113. The molecule has 10 heteroatoms. The van der Waals surface area contributed by atoms with Crippen LogP contribution >= 0.6 is 23.1 Å². The van der Waals surface area contributed by atoms with E-state index in [1.807, 2.05) is 17.5 Å². The minimum atomic E-state index is -0.173. The minimum Gasteiger partial charge on any atom is -0.376 e. The maximum Gasteiger partial charge on any atom is 0.236 e. The summed E-state index contributed by atoms with van der Waals surface area (Å²) in [5.41, 5.74) is 0. The summed E-state index contributed by atoms with van der Waals surface area (Å²) in [7, 11) is 0. The number of amides is 1. The lowest BCUT2D eigenvalue weighted by atomic mass is 10.2. The highest BCUT2D eigenvalue weighted by atomic mass is 32.2. The first kappa shape index (κ1) is 17.3. The Morgan fingerprint density at radius 1 is 1.42 bits per heavy atom. The number of thiophene rings is 1. The van der Waals surface area contributed by atoms with Crippen LogP contribution in [0.5, 0.6) is 0 Å². The molecule has 0 aliphatic carbocycles. The van der Waals surface area contributed by atoms with Crippen molar-refractivity contribution < 1.29 is 14.1 Å². The molecule has 1 fully saturated rings. The second-order valence-electron chi connectivity index (χ2n) is 5.75. The number of nitrogens with one attached hydrogen (secondary N) is 1.